The third-order valence-electron chi connectivity index (χ3n) is 3.03. The maximum absolute atomic E-state index is 10.6. The minimum Gasteiger partial charge on any atom is -0.480 e. The molecule has 0 radical (unpaired) electrons. The Hall–Kier alpha value is -1.79. The summed E-state index contributed by atoms with van der Waals surface area (Å²) in [6.45, 7) is 1.60. The van der Waals surface area contributed by atoms with Gasteiger partial charge in [-0.05, 0) is 31.2 Å². The van der Waals surface area contributed by atoms with E-state index in [0.717, 1.165) is 17.1 Å². The van der Waals surface area contributed by atoms with Crippen molar-refractivity contribution >= 4 is 5.97 Å². The number of aliphatic carboxylic acids is 1. The highest BCUT2D eigenvalue weighted by atomic mass is 16.7. The molecule has 1 unspecified atom stereocenters. The molecule has 1 aromatic carbocycles. The van der Waals surface area contributed by atoms with Crippen LogP contribution in [-0.2, 0) is 11.3 Å². The van der Waals surface area contributed by atoms with Crippen LogP contribution >= 0.6 is 0 Å². The van der Waals surface area contributed by atoms with E-state index in [1.165, 1.54) is 0 Å². The maximum Gasteiger partial charge on any atom is 0.320 e. The van der Waals surface area contributed by atoms with E-state index >= 15 is 0 Å². The van der Waals surface area contributed by atoms with E-state index in [0.29, 0.717) is 19.5 Å². The summed E-state index contributed by atoms with van der Waals surface area (Å²) >= 11 is 0. The Kier molecular flexibility index (Phi) is 4.24. The highest BCUT2D eigenvalue weighted by molar-refractivity contribution is 5.72. The number of carboxylic acid groups (broad SMARTS) is 1. The number of benzene rings is 1. The van der Waals surface area contributed by atoms with Crippen LogP contribution in [0.15, 0.2) is 18.2 Å². The molecular formula is C13H18N2O4. The highest BCUT2D eigenvalue weighted by Gasteiger charge is 2.15. The number of ether oxygens (including phenoxy) is 2. The summed E-state index contributed by atoms with van der Waals surface area (Å²) in [5.41, 5.74) is 6.56. The molecule has 0 amide bonds. The van der Waals surface area contributed by atoms with Crippen molar-refractivity contribution in [3.05, 3.63) is 23.8 Å². The van der Waals surface area contributed by atoms with E-state index in [1.54, 1.807) is 0 Å². The number of nitrogens with two attached hydrogens (primary N) is 1. The smallest absolute Gasteiger partial charge is 0.320 e. The average Bonchev–Trinajstić information content (AvgIpc) is 2.83. The summed E-state index contributed by atoms with van der Waals surface area (Å²) in [6.07, 6.45) is 0.427. The standard InChI is InChI=1S/C13H18N2O4/c1-15(5-4-10(14)13(16)17)7-9-2-3-11-12(6-9)19-8-18-11/h2-3,6,10H,4-5,7-8,14H2,1H3,(H,16,17). The Balaban J connectivity index is 1.85. The van der Waals surface area contributed by atoms with Crippen molar-refractivity contribution in [1.82, 2.24) is 4.90 Å². The predicted octanol–water partition coefficient (Wildman–Crippen LogP) is 0.649. The lowest BCUT2D eigenvalue weighted by Crippen LogP contribution is -2.34. The van der Waals surface area contributed by atoms with Crippen LogP contribution in [0.2, 0.25) is 0 Å². The van der Waals surface area contributed by atoms with Crippen molar-refractivity contribution in [2.45, 2.75) is 19.0 Å². The van der Waals surface area contributed by atoms with Crippen molar-refractivity contribution < 1.29 is 19.4 Å². The van der Waals surface area contributed by atoms with Crippen LogP contribution in [-0.4, -0.2) is 42.4 Å². The van der Waals surface area contributed by atoms with Gasteiger partial charge < -0.3 is 25.2 Å². The van der Waals surface area contributed by atoms with Crippen molar-refractivity contribution in [1.29, 1.82) is 0 Å². The lowest BCUT2D eigenvalue weighted by Gasteiger charge is -2.18. The number of hydrogen-bond acceptors (Lipinski definition) is 5. The molecule has 0 aromatic heterocycles. The molecule has 2 rings (SSSR count). The number of fused-ring (bicyclic) bond motifs is 1. The third kappa shape index (κ3) is 3.59. The molecule has 0 aliphatic carbocycles. The molecule has 6 heteroatoms. The number of hydrogen-bond donors (Lipinski definition) is 2. The topological polar surface area (TPSA) is 85.0 Å². The number of nitrogens with zero attached hydrogens (tertiary/aromatic N) is 1. The molecule has 3 N–H and O–H groups in total. The first-order chi connectivity index (χ1) is 9.06. The van der Waals surface area contributed by atoms with Gasteiger partial charge in [-0.3, -0.25) is 4.79 Å². The second kappa shape index (κ2) is 5.90. The van der Waals surface area contributed by atoms with Crippen LogP contribution in [0, 0.1) is 0 Å². The first kappa shape index (κ1) is 13.6. The molecule has 0 bridgehead atoms. The van der Waals surface area contributed by atoms with Crippen molar-refractivity contribution in [2.24, 2.45) is 5.73 Å². The summed E-state index contributed by atoms with van der Waals surface area (Å²) in [6, 6.07) is 4.99. The first-order valence-corrected chi connectivity index (χ1v) is 6.11. The first-order valence-electron chi connectivity index (χ1n) is 6.11. The SMILES string of the molecule is CN(CCC(N)C(=O)O)Cc1ccc2c(c1)OCO2. The molecular weight excluding hydrogens is 248 g/mol. The van der Waals surface area contributed by atoms with Crippen LogP contribution in [0.3, 0.4) is 0 Å². The van der Waals surface area contributed by atoms with Crippen molar-refractivity contribution in [2.75, 3.05) is 20.4 Å². The van der Waals surface area contributed by atoms with E-state index in [9.17, 15) is 4.79 Å². The van der Waals surface area contributed by atoms with Gasteiger partial charge in [0.05, 0.1) is 0 Å². The fourth-order valence-electron chi connectivity index (χ4n) is 1.91. The third-order valence-corrected chi connectivity index (χ3v) is 3.03. The molecule has 0 saturated carbocycles. The van der Waals surface area contributed by atoms with Crippen LogP contribution in [0.5, 0.6) is 11.5 Å². The van der Waals surface area contributed by atoms with E-state index in [-0.39, 0.29) is 6.79 Å². The van der Waals surface area contributed by atoms with E-state index in [4.69, 9.17) is 20.3 Å². The van der Waals surface area contributed by atoms with Gasteiger partial charge in [0, 0.05) is 13.1 Å². The second-order valence-electron chi connectivity index (χ2n) is 4.66. The monoisotopic (exact) mass is 266 g/mol. The normalized spacial score (nSPS) is 14.7. The Labute approximate surface area is 111 Å². The van der Waals surface area contributed by atoms with Crippen molar-refractivity contribution in [3.63, 3.8) is 0 Å². The van der Waals surface area contributed by atoms with E-state index in [1.807, 2.05) is 30.1 Å². The number of carbonyl (C=O) groups is 1. The zero-order chi connectivity index (χ0) is 13.8. The summed E-state index contributed by atoms with van der Waals surface area (Å²) < 4.78 is 10.6. The highest BCUT2D eigenvalue weighted by Crippen LogP contribution is 2.32. The molecule has 0 spiro atoms. The van der Waals surface area contributed by atoms with Gasteiger partial charge >= 0.3 is 5.97 Å². The van der Waals surface area contributed by atoms with Gasteiger partial charge in [0.1, 0.15) is 6.04 Å². The van der Waals surface area contributed by atoms with Gasteiger partial charge in [-0.2, -0.15) is 0 Å². The van der Waals surface area contributed by atoms with Gasteiger partial charge in [-0.1, -0.05) is 6.07 Å². The zero-order valence-electron chi connectivity index (χ0n) is 10.8. The second-order valence-corrected chi connectivity index (χ2v) is 4.66. The summed E-state index contributed by atoms with van der Waals surface area (Å²) in [7, 11) is 1.93. The lowest BCUT2D eigenvalue weighted by molar-refractivity contribution is -0.138. The van der Waals surface area contributed by atoms with Gasteiger partial charge in [-0.25, -0.2) is 0 Å². The van der Waals surface area contributed by atoms with Gasteiger partial charge in [0.2, 0.25) is 6.79 Å². The molecule has 6 nitrogen and oxygen atoms in total. The molecule has 0 saturated heterocycles. The largest absolute Gasteiger partial charge is 0.480 e. The van der Waals surface area contributed by atoms with Gasteiger partial charge in [0.15, 0.2) is 11.5 Å². The Morgan fingerprint density at radius 1 is 1.47 bits per heavy atom. The molecule has 1 atom stereocenters. The Morgan fingerprint density at radius 3 is 2.95 bits per heavy atom. The van der Waals surface area contributed by atoms with Crippen molar-refractivity contribution in [3.8, 4) is 11.5 Å². The number of rotatable bonds is 6. The summed E-state index contributed by atoms with van der Waals surface area (Å²) in [5, 5.41) is 8.72. The fraction of sp³-hybridized carbons (Fsp3) is 0.462. The molecule has 19 heavy (non-hydrogen) atoms. The Bertz CT molecular complexity index is 464. The quantitative estimate of drug-likeness (QED) is 0.786. The summed E-state index contributed by atoms with van der Waals surface area (Å²) in [5.74, 6) is 0.559. The average molecular weight is 266 g/mol. The van der Waals surface area contributed by atoms with Gasteiger partial charge in [0.25, 0.3) is 0 Å². The lowest BCUT2D eigenvalue weighted by atomic mass is 10.1. The molecule has 1 heterocycles. The molecule has 104 valence electrons. The predicted molar refractivity (Wildman–Crippen MR) is 69.1 cm³/mol. The van der Waals surface area contributed by atoms with Crippen LogP contribution in [0.4, 0.5) is 0 Å². The molecule has 1 aromatic rings. The minimum atomic E-state index is -0.962. The number of carboxylic acids is 1. The van der Waals surface area contributed by atoms with E-state index in [2.05, 4.69) is 0 Å². The van der Waals surface area contributed by atoms with E-state index < -0.39 is 12.0 Å². The van der Waals surface area contributed by atoms with Gasteiger partial charge in [-0.15, -0.1) is 0 Å². The molecule has 0 fully saturated rings. The van der Waals surface area contributed by atoms with Crippen LogP contribution < -0.4 is 15.2 Å². The molecule has 1 aliphatic rings. The fourth-order valence-corrected chi connectivity index (χ4v) is 1.91. The maximum atomic E-state index is 10.6. The minimum absolute atomic E-state index is 0.266. The zero-order valence-corrected chi connectivity index (χ0v) is 10.8. The van der Waals surface area contributed by atoms with Crippen LogP contribution in [0.25, 0.3) is 0 Å². The van der Waals surface area contributed by atoms with Crippen LogP contribution in [0.1, 0.15) is 12.0 Å². The Morgan fingerprint density at radius 2 is 2.21 bits per heavy atom. The molecule has 1 aliphatic heterocycles. The summed E-state index contributed by atoms with van der Waals surface area (Å²) in [4.78, 5) is 12.7.